The zero-order valence-corrected chi connectivity index (χ0v) is 19.3. The van der Waals surface area contributed by atoms with E-state index in [2.05, 4.69) is 37.8 Å². The molecule has 2 aromatic heterocycles. The van der Waals surface area contributed by atoms with E-state index in [0.717, 1.165) is 44.3 Å². The predicted molar refractivity (Wildman–Crippen MR) is 135 cm³/mol. The third kappa shape index (κ3) is 5.55. The molecule has 0 spiro atoms. The van der Waals surface area contributed by atoms with Crippen molar-refractivity contribution >= 4 is 29.1 Å². The van der Waals surface area contributed by atoms with Gasteiger partial charge in [0.2, 0.25) is 0 Å². The normalized spacial score (nSPS) is 15.5. The first kappa shape index (κ1) is 23.3. The Morgan fingerprint density at radius 3 is 2.71 bits per heavy atom. The van der Waals surface area contributed by atoms with Gasteiger partial charge in [-0.1, -0.05) is 25.5 Å². The summed E-state index contributed by atoms with van der Waals surface area (Å²) in [6.07, 6.45) is 7.16. The minimum atomic E-state index is -0.256. The van der Waals surface area contributed by atoms with Crippen LogP contribution in [-0.4, -0.2) is 45.7 Å². The van der Waals surface area contributed by atoms with Gasteiger partial charge in [0.05, 0.1) is 11.3 Å². The fraction of sp³-hybridized carbons (Fsp3) is 0.320. The van der Waals surface area contributed by atoms with E-state index in [4.69, 9.17) is 11.1 Å². The van der Waals surface area contributed by atoms with Crippen molar-refractivity contribution < 1.29 is 4.79 Å². The van der Waals surface area contributed by atoms with E-state index in [0.29, 0.717) is 28.3 Å². The molecule has 0 bridgehead atoms. The molecule has 6 N–H and O–H groups in total. The summed E-state index contributed by atoms with van der Waals surface area (Å²) >= 11 is 0. The molecule has 3 heterocycles. The lowest BCUT2D eigenvalue weighted by atomic mass is 10.0. The summed E-state index contributed by atoms with van der Waals surface area (Å²) < 4.78 is 0. The standard InChI is InChI=1S/C25H30N8O/c1-2-4-16-10-12-29-20(13-16)33-25(34)18-8-6-17(7-9-18)22(26)21-23(27)30-15-31-24(21)32-19-5-3-11-28-14-19/h6-10,12-13,15,19,26,28H,2-5,11,14H2,1H3,(H,29,33,34)(H3,27,30,31,32). The molecule has 0 saturated carbocycles. The number of aromatic nitrogens is 3. The smallest absolute Gasteiger partial charge is 0.256 e. The number of benzene rings is 1. The van der Waals surface area contributed by atoms with E-state index >= 15 is 0 Å². The maximum atomic E-state index is 12.7. The van der Waals surface area contributed by atoms with Crippen molar-refractivity contribution in [1.82, 2.24) is 20.3 Å². The van der Waals surface area contributed by atoms with Crippen LogP contribution in [0.15, 0.2) is 48.9 Å². The van der Waals surface area contributed by atoms with Gasteiger partial charge in [-0.25, -0.2) is 15.0 Å². The molecule has 4 rings (SSSR count). The fourth-order valence-electron chi connectivity index (χ4n) is 4.03. The molecule has 1 amide bonds. The third-order valence-corrected chi connectivity index (χ3v) is 5.80. The van der Waals surface area contributed by atoms with Crippen LogP contribution in [0.3, 0.4) is 0 Å². The Morgan fingerprint density at radius 2 is 1.97 bits per heavy atom. The lowest BCUT2D eigenvalue weighted by Crippen LogP contribution is -2.39. The molecule has 0 aliphatic carbocycles. The van der Waals surface area contributed by atoms with Gasteiger partial charge in [-0.15, -0.1) is 0 Å². The molecular weight excluding hydrogens is 428 g/mol. The molecule has 1 fully saturated rings. The van der Waals surface area contributed by atoms with Crippen molar-refractivity contribution in [3.8, 4) is 0 Å². The van der Waals surface area contributed by atoms with Crippen LogP contribution in [0.4, 0.5) is 17.5 Å². The average molecular weight is 459 g/mol. The number of carbonyl (C=O) groups excluding carboxylic acids is 1. The Labute approximate surface area is 199 Å². The number of aryl methyl sites for hydroxylation is 1. The zero-order chi connectivity index (χ0) is 23.9. The largest absolute Gasteiger partial charge is 0.383 e. The van der Waals surface area contributed by atoms with Crippen LogP contribution >= 0.6 is 0 Å². The number of nitrogens with two attached hydrogens (primary N) is 1. The zero-order valence-electron chi connectivity index (χ0n) is 19.3. The highest BCUT2D eigenvalue weighted by atomic mass is 16.1. The summed E-state index contributed by atoms with van der Waals surface area (Å²) in [5.74, 6) is 1.06. The van der Waals surface area contributed by atoms with Crippen molar-refractivity contribution in [2.75, 3.05) is 29.5 Å². The van der Waals surface area contributed by atoms with E-state index in [1.165, 1.54) is 6.33 Å². The summed E-state index contributed by atoms with van der Waals surface area (Å²) in [6.45, 7) is 3.95. The first-order valence-electron chi connectivity index (χ1n) is 11.6. The molecule has 0 radical (unpaired) electrons. The van der Waals surface area contributed by atoms with Crippen LogP contribution < -0.4 is 21.7 Å². The number of piperidine rings is 1. The van der Waals surface area contributed by atoms with Gasteiger partial charge in [0.25, 0.3) is 5.91 Å². The predicted octanol–water partition coefficient (Wildman–Crippen LogP) is 3.24. The van der Waals surface area contributed by atoms with Crippen LogP contribution in [-0.2, 0) is 6.42 Å². The number of pyridine rings is 1. The molecule has 1 aliphatic rings. The SMILES string of the molecule is CCCc1ccnc(NC(=O)c2ccc(C(=N)c3c(N)ncnc3NC3CCCNC3)cc2)c1. The van der Waals surface area contributed by atoms with Crippen molar-refractivity contribution in [1.29, 1.82) is 5.41 Å². The topological polar surface area (TPSA) is 142 Å². The first-order chi connectivity index (χ1) is 16.5. The van der Waals surface area contributed by atoms with Crippen molar-refractivity contribution in [2.45, 2.75) is 38.6 Å². The van der Waals surface area contributed by atoms with E-state index in [9.17, 15) is 4.79 Å². The van der Waals surface area contributed by atoms with Gasteiger partial charge in [0.1, 0.15) is 23.8 Å². The third-order valence-electron chi connectivity index (χ3n) is 5.80. The van der Waals surface area contributed by atoms with E-state index < -0.39 is 0 Å². The monoisotopic (exact) mass is 458 g/mol. The molecule has 1 aromatic carbocycles. The van der Waals surface area contributed by atoms with Crippen LogP contribution in [0.1, 0.15) is 53.2 Å². The Morgan fingerprint density at radius 1 is 1.18 bits per heavy atom. The van der Waals surface area contributed by atoms with Crippen molar-refractivity contribution in [3.05, 3.63) is 71.2 Å². The highest BCUT2D eigenvalue weighted by molar-refractivity contribution is 6.16. The van der Waals surface area contributed by atoms with Gasteiger partial charge in [0, 0.05) is 29.9 Å². The summed E-state index contributed by atoms with van der Waals surface area (Å²) in [6, 6.07) is 10.9. The lowest BCUT2D eigenvalue weighted by molar-refractivity contribution is 0.102. The number of hydrogen-bond acceptors (Lipinski definition) is 8. The Bertz CT molecular complexity index is 1160. The van der Waals surface area contributed by atoms with Gasteiger partial charge < -0.3 is 21.7 Å². The van der Waals surface area contributed by atoms with E-state index in [1.807, 2.05) is 12.1 Å². The molecule has 176 valence electrons. The van der Waals surface area contributed by atoms with Crippen LogP contribution in [0, 0.1) is 5.41 Å². The summed E-state index contributed by atoms with van der Waals surface area (Å²) in [4.78, 5) is 25.4. The quantitative estimate of drug-likeness (QED) is 0.326. The van der Waals surface area contributed by atoms with Crippen LogP contribution in [0.5, 0.6) is 0 Å². The summed E-state index contributed by atoms with van der Waals surface area (Å²) in [5, 5.41) is 18.4. The molecule has 1 saturated heterocycles. The molecule has 9 nitrogen and oxygen atoms in total. The Kier molecular flexibility index (Phi) is 7.44. The minimum absolute atomic E-state index is 0.199. The molecule has 9 heteroatoms. The number of amides is 1. The highest BCUT2D eigenvalue weighted by Gasteiger charge is 2.20. The van der Waals surface area contributed by atoms with Gasteiger partial charge in [-0.05, 0) is 55.6 Å². The lowest BCUT2D eigenvalue weighted by Gasteiger charge is -2.25. The highest BCUT2D eigenvalue weighted by Crippen LogP contribution is 2.23. The molecule has 1 atom stereocenters. The molecule has 1 unspecified atom stereocenters. The minimum Gasteiger partial charge on any atom is -0.383 e. The first-order valence-corrected chi connectivity index (χ1v) is 11.6. The van der Waals surface area contributed by atoms with Crippen LogP contribution in [0.2, 0.25) is 0 Å². The second-order valence-corrected chi connectivity index (χ2v) is 8.38. The van der Waals surface area contributed by atoms with Gasteiger partial charge in [0.15, 0.2) is 0 Å². The van der Waals surface area contributed by atoms with Gasteiger partial charge >= 0.3 is 0 Å². The Balaban J connectivity index is 1.49. The number of carbonyl (C=O) groups is 1. The molecule has 3 aromatic rings. The van der Waals surface area contributed by atoms with Crippen molar-refractivity contribution in [3.63, 3.8) is 0 Å². The number of nitrogen functional groups attached to an aromatic ring is 1. The number of hydrogen-bond donors (Lipinski definition) is 5. The molecule has 34 heavy (non-hydrogen) atoms. The fourth-order valence-corrected chi connectivity index (χ4v) is 4.03. The second kappa shape index (κ2) is 10.8. The summed E-state index contributed by atoms with van der Waals surface area (Å²) in [5.41, 5.74) is 9.03. The maximum absolute atomic E-state index is 12.7. The summed E-state index contributed by atoms with van der Waals surface area (Å²) in [7, 11) is 0. The van der Waals surface area contributed by atoms with Gasteiger partial charge in [-0.2, -0.15) is 0 Å². The van der Waals surface area contributed by atoms with Gasteiger partial charge in [-0.3, -0.25) is 10.2 Å². The molecular formula is C25H30N8O. The molecule has 1 aliphatic heterocycles. The number of rotatable bonds is 8. The van der Waals surface area contributed by atoms with Crippen molar-refractivity contribution in [2.24, 2.45) is 0 Å². The number of nitrogens with zero attached hydrogens (tertiary/aromatic N) is 3. The Hall–Kier alpha value is -3.85. The number of nitrogens with one attached hydrogen (secondary N) is 4. The number of anilines is 3. The maximum Gasteiger partial charge on any atom is 0.256 e. The second-order valence-electron chi connectivity index (χ2n) is 8.38. The van der Waals surface area contributed by atoms with Crippen LogP contribution in [0.25, 0.3) is 0 Å². The average Bonchev–Trinajstić information content (AvgIpc) is 2.85. The van der Waals surface area contributed by atoms with E-state index in [-0.39, 0.29) is 23.5 Å². The van der Waals surface area contributed by atoms with E-state index in [1.54, 1.807) is 30.5 Å².